The summed E-state index contributed by atoms with van der Waals surface area (Å²) in [5, 5.41) is 3.44. The summed E-state index contributed by atoms with van der Waals surface area (Å²) in [6.45, 7) is 0.330. The van der Waals surface area contributed by atoms with E-state index in [1.807, 2.05) is 18.2 Å². The fraction of sp³-hybridized carbons (Fsp3) is 0.188. The second kappa shape index (κ2) is 7.51. The van der Waals surface area contributed by atoms with Crippen molar-refractivity contribution in [2.75, 3.05) is 14.2 Å². The summed E-state index contributed by atoms with van der Waals surface area (Å²) in [6, 6.07) is 10.7. The van der Waals surface area contributed by atoms with E-state index in [0.29, 0.717) is 33.1 Å². The van der Waals surface area contributed by atoms with E-state index in [4.69, 9.17) is 21.1 Å². The van der Waals surface area contributed by atoms with Crippen molar-refractivity contribution < 1.29 is 14.3 Å². The van der Waals surface area contributed by atoms with Gasteiger partial charge in [0.05, 0.1) is 24.3 Å². The molecule has 0 saturated heterocycles. The Hall–Kier alpha value is -1.72. The zero-order valence-corrected chi connectivity index (χ0v) is 14.5. The van der Waals surface area contributed by atoms with Crippen LogP contribution in [-0.4, -0.2) is 20.1 Å². The van der Waals surface area contributed by atoms with Crippen molar-refractivity contribution in [3.63, 3.8) is 0 Å². The van der Waals surface area contributed by atoms with Crippen LogP contribution in [0.15, 0.2) is 40.9 Å². The average molecular weight is 385 g/mol. The van der Waals surface area contributed by atoms with E-state index in [-0.39, 0.29) is 5.91 Å². The van der Waals surface area contributed by atoms with E-state index < -0.39 is 0 Å². The van der Waals surface area contributed by atoms with Gasteiger partial charge in [-0.25, -0.2) is 0 Å². The summed E-state index contributed by atoms with van der Waals surface area (Å²) in [5.41, 5.74) is 1.24. The maximum atomic E-state index is 12.4. The molecule has 0 radical (unpaired) electrons. The molecule has 0 fully saturated rings. The highest BCUT2D eigenvalue weighted by Gasteiger charge is 2.17. The molecule has 2 rings (SSSR count). The number of hydrogen-bond acceptors (Lipinski definition) is 3. The molecule has 6 heteroatoms. The van der Waals surface area contributed by atoms with Crippen molar-refractivity contribution >= 4 is 33.4 Å². The molecule has 1 N–H and O–H groups in total. The molecule has 0 saturated carbocycles. The molecule has 0 spiro atoms. The number of rotatable bonds is 5. The summed E-state index contributed by atoms with van der Waals surface area (Å²) >= 11 is 9.45. The number of methoxy groups -OCH3 is 2. The molecule has 0 aliphatic rings. The van der Waals surface area contributed by atoms with Crippen molar-refractivity contribution in [3.8, 4) is 11.5 Å². The standard InChI is InChI=1S/C16H15BrClNO3/c1-21-11-7-12(15(22-2)13(17)8-11)16(20)19-9-10-5-3-4-6-14(10)18/h3-8H,9H2,1-2H3,(H,19,20). The summed E-state index contributed by atoms with van der Waals surface area (Å²) in [7, 11) is 3.05. The first-order chi connectivity index (χ1) is 10.6. The van der Waals surface area contributed by atoms with E-state index in [9.17, 15) is 4.79 Å². The predicted octanol–water partition coefficient (Wildman–Crippen LogP) is 4.05. The zero-order chi connectivity index (χ0) is 16.1. The molecular weight excluding hydrogens is 370 g/mol. The lowest BCUT2D eigenvalue weighted by Gasteiger charge is -2.13. The first-order valence-corrected chi connectivity index (χ1v) is 7.67. The van der Waals surface area contributed by atoms with Crippen molar-refractivity contribution in [1.29, 1.82) is 0 Å². The van der Waals surface area contributed by atoms with Crippen molar-refractivity contribution in [2.24, 2.45) is 0 Å². The summed E-state index contributed by atoms with van der Waals surface area (Å²) in [6.07, 6.45) is 0. The third kappa shape index (κ3) is 3.72. The molecular formula is C16H15BrClNO3. The van der Waals surface area contributed by atoms with Crippen molar-refractivity contribution in [2.45, 2.75) is 6.54 Å². The summed E-state index contributed by atoms with van der Waals surface area (Å²) < 4.78 is 11.1. The van der Waals surface area contributed by atoms with Gasteiger partial charge in [0.1, 0.15) is 11.5 Å². The molecule has 1 amide bonds. The van der Waals surface area contributed by atoms with Gasteiger partial charge in [-0.15, -0.1) is 0 Å². The fourth-order valence-electron chi connectivity index (χ4n) is 1.98. The van der Waals surface area contributed by atoms with Crippen LogP contribution < -0.4 is 14.8 Å². The number of amides is 1. The van der Waals surface area contributed by atoms with Gasteiger partial charge in [0.15, 0.2) is 0 Å². The molecule has 0 unspecified atom stereocenters. The smallest absolute Gasteiger partial charge is 0.255 e. The monoisotopic (exact) mass is 383 g/mol. The van der Waals surface area contributed by atoms with Gasteiger partial charge in [0.2, 0.25) is 0 Å². The quantitative estimate of drug-likeness (QED) is 0.846. The Morgan fingerprint density at radius 3 is 2.59 bits per heavy atom. The molecule has 4 nitrogen and oxygen atoms in total. The first kappa shape index (κ1) is 16.6. The number of carbonyl (C=O) groups excluding carboxylic acids is 1. The summed E-state index contributed by atoms with van der Waals surface area (Å²) in [4.78, 5) is 12.4. The van der Waals surface area contributed by atoms with Gasteiger partial charge in [0, 0.05) is 11.6 Å². The van der Waals surface area contributed by atoms with Crippen LogP contribution in [0.1, 0.15) is 15.9 Å². The minimum Gasteiger partial charge on any atom is -0.497 e. The minimum absolute atomic E-state index is 0.267. The average Bonchev–Trinajstić information content (AvgIpc) is 2.53. The van der Waals surface area contributed by atoms with Gasteiger partial charge in [-0.3, -0.25) is 4.79 Å². The number of halogens is 2. The number of ether oxygens (including phenoxy) is 2. The number of nitrogens with one attached hydrogen (secondary N) is 1. The van der Waals surface area contributed by atoms with Crippen LogP contribution in [0.4, 0.5) is 0 Å². The predicted molar refractivity (Wildman–Crippen MR) is 89.9 cm³/mol. The Bertz CT molecular complexity index is 691. The van der Waals surface area contributed by atoms with Gasteiger partial charge in [0.25, 0.3) is 5.91 Å². The maximum absolute atomic E-state index is 12.4. The van der Waals surface area contributed by atoms with E-state index in [1.54, 1.807) is 25.3 Å². The highest BCUT2D eigenvalue weighted by Crippen LogP contribution is 2.33. The van der Waals surface area contributed by atoms with Crippen molar-refractivity contribution in [3.05, 3.63) is 57.0 Å². The van der Waals surface area contributed by atoms with Gasteiger partial charge >= 0.3 is 0 Å². The second-order valence-electron chi connectivity index (χ2n) is 4.46. The fourth-order valence-corrected chi connectivity index (χ4v) is 2.78. The van der Waals surface area contributed by atoms with Crippen LogP contribution in [-0.2, 0) is 6.54 Å². The lowest BCUT2D eigenvalue weighted by molar-refractivity contribution is 0.0947. The number of hydrogen-bond donors (Lipinski definition) is 1. The molecule has 0 bridgehead atoms. The Kier molecular flexibility index (Phi) is 5.69. The largest absolute Gasteiger partial charge is 0.497 e. The van der Waals surface area contributed by atoms with Crippen molar-refractivity contribution in [1.82, 2.24) is 5.32 Å². The minimum atomic E-state index is -0.267. The molecule has 116 valence electrons. The van der Waals surface area contributed by atoms with E-state index >= 15 is 0 Å². The molecule has 22 heavy (non-hydrogen) atoms. The normalized spacial score (nSPS) is 10.2. The lowest BCUT2D eigenvalue weighted by Crippen LogP contribution is -2.23. The van der Waals surface area contributed by atoms with E-state index in [1.165, 1.54) is 7.11 Å². The topological polar surface area (TPSA) is 47.6 Å². The van der Waals surface area contributed by atoms with Gasteiger partial charge < -0.3 is 14.8 Å². The van der Waals surface area contributed by atoms with Crippen LogP contribution in [0.3, 0.4) is 0 Å². The second-order valence-corrected chi connectivity index (χ2v) is 5.73. The molecule has 0 aromatic heterocycles. The Labute approximate surface area is 142 Å². The highest BCUT2D eigenvalue weighted by molar-refractivity contribution is 9.10. The first-order valence-electron chi connectivity index (χ1n) is 6.50. The molecule has 0 aliphatic heterocycles. The maximum Gasteiger partial charge on any atom is 0.255 e. The molecule has 0 atom stereocenters. The van der Waals surface area contributed by atoms with Gasteiger partial charge in [-0.1, -0.05) is 29.8 Å². The lowest BCUT2D eigenvalue weighted by atomic mass is 10.1. The van der Waals surface area contributed by atoms with Gasteiger partial charge in [-0.05, 0) is 39.7 Å². The van der Waals surface area contributed by atoms with Crippen LogP contribution in [0.25, 0.3) is 0 Å². The van der Waals surface area contributed by atoms with Crippen LogP contribution in [0.2, 0.25) is 5.02 Å². The molecule has 0 aliphatic carbocycles. The Morgan fingerprint density at radius 1 is 1.23 bits per heavy atom. The SMILES string of the molecule is COc1cc(Br)c(OC)c(C(=O)NCc2ccccc2Cl)c1. The third-order valence-corrected chi connectivity index (χ3v) is 4.06. The van der Waals surface area contributed by atoms with Gasteiger partial charge in [-0.2, -0.15) is 0 Å². The zero-order valence-electron chi connectivity index (χ0n) is 12.2. The van der Waals surface area contributed by atoms with Crippen LogP contribution >= 0.6 is 27.5 Å². The molecule has 2 aromatic carbocycles. The van der Waals surface area contributed by atoms with E-state index in [2.05, 4.69) is 21.2 Å². The van der Waals surface area contributed by atoms with E-state index in [0.717, 1.165) is 5.56 Å². The van der Waals surface area contributed by atoms with Crippen LogP contribution in [0, 0.1) is 0 Å². The molecule has 2 aromatic rings. The Morgan fingerprint density at radius 2 is 1.95 bits per heavy atom. The molecule has 0 heterocycles. The van der Waals surface area contributed by atoms with Crippen LogP contribution in [0.5, 0.6) is 11.5 Å². The number of benzene rings is 2. The Balaban J connectivity index is 2.22. The number of carbonyl (C=O) groups is 1. The third-order valence-electron chi connectivity index (χ3n) is 3.10. The summed E-state index contributed by atoms with van der Waals surface area (Å²) in [5.74, 6) is 0.754. The highest BCUT2D eigenvalue weighted by atomic mass is 79.9.